The standard InChI is InChI=1S/C15H14O4.Na.H/c16-14(15(17)18)12-6-8-13(9-7-12)19-10-11-4-2-1-3-5-11;;/h1-9,15,17-18H,10H2;;. The van der Waals surface area contributed by atoms with E-state index in [2.05, 4.69) is 0 Å². The van der Waals surface area contributed by atoms with E-state index >= 15 is 0 Å². The molecule has 0 spiro atoms. The van der Waals surface area contributed by atoms with Gasteiger partial charge in [0.25, 0.3) is 0 Å². The number of ketones is 1. The van der Waals surface area contributed by atoms with Crippen molar-refractivity contribution in [1.82, 2.24) is 0 Å². The summed E-state index contributed by atoms with van der Waals surface area (Å²) in [6.07, 6.45) is -1.98. The number of hydrogen-bond acceptors (Lipinski definition) is 4. The van der Waals surface area contributed by atoms with E-state index in [0.717, 1.165) is 5.56 Å². The molecule has 0 aliphatic rings. The maximum atomic E-state index is 11.3. The first-order valence-electron chi connectivity index (χ1n) is 5.84. The number of hydrogen-bond donors (Lipinski definition) is 2. The van der Waals surface area contributed by atoms with Crippen LogP contribution >= 0.6 is 0 Å². The molecule has 0 aliphatic heterocycles. The second-order valence-corrected chi connectivity index (χ2v) is 4.04. The van der Waals surface area contributed by atoms with Crippen LogP contribution < -0.4 is 4.74 Å². The minimum atomic E-state index is -1.98. The first-order valence-corrected chi connectivity index (χ1v) is 5.84. The molecule has 4 nitrogen and oxygen atoms in total. The molecule has 0 radical (unpaired) electrons. The molecule has 0 aliphatic carbocycles. The number of aliphatic hydroxyl groups excluding tert-OH is 1. The Morgan fingerprint density at radius 1 is 1.00 bits per heavy atom. The fourth-order valence-electron chi connectivity index (χ4n) is 1.61. The van der Waals surface area contributed by atoms with E-state index in [1.54, 1.807) is 12.1 Å². The molecule has 2 aromatic carbocycles. The fourth-order valence-corrected chi connectivity index (χ4v) is 1.61. The van der Waals surface area contributed by atoms with E-state index in [4.69, 9.17) is 14.9 Å². The van der Waals surface area contributed by atoms with E-state index in [1.807, 2.05) is 30.3 Å². The summed E-state index contributed by atoms with van der Waals surface area (Å²) in [4.78, 5) is 11.3. The van der Waals surface area contributed by atoms with Crippen molar-refractivity contribution in [3.8, 4) is 5.75 Å². The molecule has 0 amide bonds. The Morgan fingerprint density at radius 2 is 1.60 bits per heavy atom. The zero-order valence-electron chi connectivity index (χ0n) is 10.2. The normalized spacial score (nSPS) is 9.95. The Morgan fingerprint density at radius 3 is 2.15 bits per heavy atom. The summed E-state index contributed by atoms with van der Waals surface area (Å²) < 4.78 is 5.55. The molecule has 100 valence electrons. The van der Waals surface area contributed by atoms with Crippen molar-refractivity contribution in [3.05, 3.63) is 65.7 Å². The van der Waals surface area contributed by atoms with Gasteiger partial charge in [-0.25, -0.2) is 0 Å². The summed E-state index contributed by atoms with van der Waals surface area (Å²) in [5.74, 6) is -0.109. The molecular weight excluding hydrogens is 267 g/mol. The van der Waals surface area contributed by atoms with Crippen molar-refractivity contribution >= 4 is 35.3 Å². The molecular formula is C15H15NaO4. The number of ether oxygens (including phenoxy) is 1. The quantitative estimate of drug-likeness (QED) is 0.490. The van der Waals surface area contributed by atoms with E-state index in [0.29, 0.717) is 12.4 Å². The van der Waals surface area contributed by atoms with Crippen LogP contribution in [0, 0.1) is 0 Å². The number of benzene rings is 2. The predicted octanol–water partition coefficient (Wildman–Crippen LogP) is 1.11. The Kier molecular flexibility index (Phi) is 6.91. The molecule has 20 heavy (non-hydrogen) atoms. The van der Waals surface area contributed by atoms with Gasteiger partial charge >= 0.3 is 29.6 Å². The van der Waals surface area contributed by atoms with Gasteiger partial charge in [0.05, 0.1) is 0 Å². The number of carbonyl (C=O) groups excluding carboxylic acids is 1. The Labute approximate surface area is 139 Å². The van der Waals surface area contributed by atoms with Gasteiger partial charge in [0.2, 0.25) is 12.1 Å². The Balaban J connectivity index is 0.00000200. The van der Waals surface area contributed by atoms with Crippen LogP contribution in [0.25, 0.3) is 0 Å². The molecule has 0 aromatic heterocycles. The SMILES string of the molecule is O=C(c1ccc(OCc2ccccc2)cc1)C(O)O.[NaH]. The van der Waals surface area contributed by atoms with E-state index < -0.39 is 12.1 Å². The van der Waals surface area contributed by atoms with Gasteiger partial charge in [-0.15, -0.1) is 0 Å². The van der Waals surface area contributed by atoms with Gasteiger partial charge in [-0.05, 0) is 29.8 Å². The second-order valence-electron chi connectivity index (χ2n) is 4.04. The van der Waals surface area contributed by atoms with Crippen LogP contribution in [0.3, 0.4) is 0 Å². The number of aliphatic hydroxyl groups is 2. The molecule has 0 heterocycles. The van der Waals surface area contributed by atoms with Crippen molar-refractivity contribution in [2.45, 2.75) is 12.9 Å². The van der Waals surface area contributed by atoms with Gasteiger partial charge in [0.15, 0.2) is 0 Å². The van der Waals surface area contributed by atoms with Crippen molar-refractivity contribution in [3.63, 3.8) is 0 Å². The van der Waals surface area contributed by atoms with Crippen molar-refractivity contribution in [2.75, 3.05) is 0 Å². The van der Waals surface area contributed by atoms with Crippen LogP contribution in [-0.4, -0.2) is 51.8 Å². The molecule has 0 saturated carbocycles. The molecule has 2 aromatic rings. The summed E-state index contributed by atoms with van der Waals surface area (Å²) in [5.41, 5.74) is 1.29. The number of rotatable bonds is 5. The average Bonchev–Trinajstić information content (AvgIpc) is 2.46. The second kappa shape index (κ2) is 8.19. The summed E-state index contributed by atoms with van der Waals surface area (Å²) in [5, 5.41) is 17.5. The Bertz CT molecular complexity index is 538. The molecule has 0 fully saturated rings. The maximum absolute atomic E-state index is 11.3. The van der Waals surface area contributed by atoms with Crippen LogP contribution in [-0.2, 0) is 6.61 Å². The molecule has 2 rings (SSSR count). The molecule has 2 N–H and O–H groups in total. The third-order valence-electron chi connectivity index (χ3n) is 2.62. The first kappa shape index (κ1) is 16.9. The summed E-state index contributed by atoms with van der Waals surface area (Å²) in [6.45, 7) is 0.441. The number of carbonyl (C=O) groups is 1. The number of Topliss-reactive ketones (excluding diaryl/α,β-unsaturated/α-hetero) is 1. The third kappa shape index (κ3) is 4.74. The van der Waals surface area contributed by atoms with Crippen LogP contribution in [0.2, 0.25) is 0 Å². The van der Waals surface area contributed by atoms with Crippen LogP contribution in [0.4, 0.5) is 0 Å². The summed E-state index contributed by atoms with van der Waals surface area (Å²) in [6, 6.07) is 16.0. The summed E-state index contributed by atoms with van der Waals surface area (Å²) in [7, 11) is 0. The summed E-state index contributed by atoms with van der Waals surface area (Å²) >= 11 is 0. The van der Waals surface area contributed by atoms with Crippen molar-refractivity contribution < 1.29 is 19.7 Å². The molecule has 0 saturated heterocycles. The zero-order valence-corrected chi connectivity index (χ0v) is 10.2. The van der Waals surface area contributed by atoms with Gasteiger partial charge in [-0.2, -0.15) is 0 Å². The van der Waals surface area contributed by atoms with Crippen LogP contribution in [0.15, 0.2) is 54.6 Å². The minimum absolute atomic E-state index is 0. The molecule has 0 atom stereocenters. The fraction of sp³-hybridized carbons (Fsp3) is 0.133. The predicted molar refractivity (Wildman–Crippen MR) is 76.9 cm³/mol. The van der Waals surface area contributed by atoms with E-state index in [1.165, 1.54) is 12.1 Å². The molecule has 5 heteroatoms. The van der Waals surface area contributed by atoms with Gasteiger partial charge in [0, 0.05) is 5.56 Å². The van der Waals surface area contributed by atoms with E-state index in [9.17, 15) is 4.79 Å². The van der Waals surface area contributed by atoms with Gasteiger partial charge in [-0.3, -0.25) is 4.79 Å². The van der Waals surface area contributed by atoms with Gasteiger partial charge in [0.1, 0.15) is 12.4 Å². The zero-order chi connectivity index (χ0) is 13.7. The average molecular weight is 282 g/mol. The Hall–Kier alpha value is -1.17. The van der Waals surface area contributed by atoms with Crippen molar-refractivity contribution in [2.24, 2.45) is 0 Å². The van der Waals surface area contributed by atoms with E-state index in [-0.39, 0.29) is 35.1 Å². The monoisotopic (exact) mass is 282 g/mol. The topological polar surface area (TPSA) is 66.8 Å². The first-order chi connectivity index (χ1) is 9.16. The van der Waals surface area contributed by atoms with Gasteiger partial charge in [-0.1, -0.05) is 30.3 Å². The van der Waals surface area contributed by atoms with Crippen LogP contribution in [0.1, 0.15) is 15.9 Å². The van der Waals surface area contributed by atoms with Crippen molar-refractivity contribution in [1.29, 1.82) is 0 Å². The third-order valence-corrected chi connectivity index (χ3v) is 2.62. The van der Waals surface area contributed by atoms with Gasteiger partial charge < -0.3 is 14.9 Å². The van der Waals surface area contributed by atoms with Crippen LogP contribution in [0.5, 0.6) is 5.75 Å². The molecule has 0 bridgehead atoms. The molecule has 0 unspecified atom stereocenters.